The number of nitrogens with one attached hydrogen (secondary N) is 1. The Balaban J connectivity index is 3.20. The molecule has 0 spiro atoms. The molecule has 0 saturated heterocycles. The van der Waals surface area contributed by atoms with Crippen LogP contribution >= 0.6 is 11.6 Å². The zero-order valence-electron chi connectivity index (χ0n) is 9.04. The van der Waals surface area contributed by atoms with Gasteiger partial charge in [0, 0.05) is 5.56 Å². The number of hydrazine groups is 1. The average molecular weight is 245 g/mol. The van der Waals surface area contributed by atoms with Crippen LogP contribution in [0.1, 0.15) is 17.3 Å². The van der Waals surface area contributed by atoms with Gasteiger partial charge in [0.05, 0.1) is 18.7 Å². The fourth-order valence-electron chi connectivity index (χ4n) is 1.22. The summed E-state index contributed by atoms with van der Waals surface area (Å²) in [4.78, 5) is 11.3. The van der Waals surface area contributed by atoms with Crippen molar-refractivity contribution >= 4 is 17.5 Å². The second-order valence-electron chi connectivity index (χ2n) is 2.90. The Morgan fingerprint density at radius 1 is 1.56 bits per heavy atom. The minimum Gasteiger partial charge on any atom is -0.493 e. The molecular formula is C10H13ClN2O3. The molecule has 0 bridgehead atoms. The molecule has 3 N–H and O–H groups in total. The van der Waals surface area contributed by atoms with Crippen molar-refractivity contribution in [2.75, 3.05) is 13.7 Å². The number of rotatable bonds is 4. The Labute approximate surface area is 98.4 Å². The van der Waals surface area contributed by atoms with Gasteiger partial charge in [-0.1, -0.05) is 11.6 Å². The van der Waals surface area contributed by atoms with Crippen LogP contribution in [0, 0.1) is 0 Å². The monoisotopic (exact) mass is 244 g/mol. The summed E-state index contributed by atoms with van der Waals surface area (Å²) in [6.45, 7) is 2.29. The standard InChI is InChI=1S/C10H13ClN2O3/c1-3-16-9-7(11)4-6(10(14)13-12)5-8(9)15-2/h4-5H,3,12H2,1-2H3,(H,13,14). The number of methoxy groups -OCH3 is 1. The van der Waals surface area contributed by atoms with Gasteiger partial charge in [0.2, 0.25) is 0 Å². The van der Waals surface area contributed by atoms with Crippen molar-refractivity contribution in [2.45, 2.75) is 6.92 Å². The predicted octanol–water partition coefficient (Wildman–Crippen LogP) is 1.35. The summed E-state index contributed by atoms with van der Waals surface area (Å²) in [5.74, 6) is 5.40. The molecule has 1 aromatic carbocycles. The van der Waals surface area contributed by atoms with Crippen LogP contribution in [-0.4, -0.2) is 19.6 Å². The summed E-state index contributed by atoms with van der Waals surface area (Å²) < 4.78 is 10.4. The second kappa shape index (κ2) is 5.58. The molecular weight excluding hydrogens is 232 g/mol. The maximum Gasteiger partial charge on any atom is 0.265 e. The highest BCUT2D eigenvalue weighted by Gasteiger charge is 2.14. The Morgan fingerprint density at radius 2 is 2.25 bits per heavy atom. The molecule has 16 heavy (non-hydrogen) atoms. The number of carbonyl (C=O) groups is 1. The minimum atomic E-state index is -0.441. The van der Waals surface area contributed by atoms with Crippen LogP contribution < -0.4 is 20.7 Å². The van der Waals surface area contributed by atoms with E-state index in [1.165, 1.54) is 19.2 Å². The molecule has 0 saturated carbocycles. The van der Waals surface area contributed by atoms with E-state index in [1.54, 1.807) is 0 Å². The SMILES string of the molecule is CCOc1c(Cl)cc(C(=O)NN)cc1OC. The lowest BCUT2D eigenvalue weighted by Gasteiger charge is -2.12. The highest BCUT2D eigenvalue weighted by molar-refractivity contribution is 6.32. The summed E-state index contributed by atoms with van der Waals surface area (Å²) in [6, 6.07) is 2.98. The Morgan fingerprint density at radius 3 is 2.75 bits per heavy atom. The van der Waals surface area contributed by atoms with Gasteiger partial charge in [0.25, 0.3) is 5.91 Å². The maximum absolute atomic E-state index is 11.3. The highest BCUT2D eigenvalue weighted by atomic mass is 35.5. The van der Waals surface area contributed by atoms with Crippen molar-refractivity contribution in [3.63, 3.8) is 0 Å². The number of hydrogen-bond acceptors (Lipinski definition) is 4. The second-order valence-corrected chi connectivity index (χ2v) is 3.30. The van der Waals surface area contributed by atoms with Gasteiger partial charge < -0.3 is 9.47 Å². The molecule has 0 aliphatic rings. The number of ether oxygens (including phenoxy) is 2. The molecule has 0 heterocycles. The van der Waals surface area contributed by atoms with E-state index >= 15 is 0 Å². The molecule has 88 valence electrons. The third-order valence-electron chi connectivity index (χ3n) is 1.91. The lowest BCUT2D eigenvalue weighted by molar-refractivity contribution is 0.0953. The smallest absolute Gasteiger partial charge is 0.265 e. The minimum absolute atomic E-state index is 0.305. The molecule has 1 aromatic rings. The van der Waals surface area contributed by atoms with E-state index in [-0.39, 0.29) is 0 Å². The van der Waals surface area contributed by atoms with Crippen LogP contribution in [0.25, 0.3) is 0 Å². The molecule has 0 aliphatic carbocycles. The van der Waals surface area contributed by atoms with Gasteiger partial charge in [0.15, 0.2) is 11.5 Å². The van der Waals surface area contributed by atoms with E-state index in [2.05, 4.69) is 0 Å². The summed E-state index contributed by atoms with van der Waals surface area (Å²) >= 11 is 5.97. The summed E-state index contributed by atoms with van der Waals surface area (Å²) in [5, 5.41) is 0.305. The molecule has 0 radical (unpaired) electrons. The number of amides is 1. The van der Waals surface area contributed by atoms with Crippen LogP contribution in [0.15, 0.2) is 12.1 Å². The van der Waals surface area contributed by atoms with Crippen LogP contribution in [0.4, 0.5) is 0 Å². The van der Waals surface area contributed by atoms with Crippen LogP contribution in [0.2, 0.25) is 5.02 Å². The zero-order valence-corrected chi connectivity index (χ0v) is 9.80. The van der Waals surface area contributed by atoms with Gasteiger partial charge in [0.1, 0.15) is 0 Å². The number of halogens is 1. The molecule has 0 aromatic heterocycles. The molecule has 6 heteroatoms. The van der Waals surface area contributed by atoms with E-state index in [9.17, 15) is 4.79 Å². The van der Waals surface area contributed by atoms with E-state index < -0.39 is 5.91 Å². The fourth-order valence-corrected chi connectivity index (χ4v) is 1.48. The quantitative estimate of drug-likeness (QED) is 0.476. The normalized spacial score (nSPS) is 9.75. The number of nitrogen functional groups attached to an aromatic ring is 1. The largest absolute Gasteiger partial charge is 0.493 e. The molecule has 1 amide bonds. The van der Waals surface area contributed by atoms with Gasteiger partial charge in [-0.2, -0.15) is 0 Å². The van der Waals surface area contributed by atoms with Crippen LogP contribution in [0.5, 0.6) is 11.5 Å². The van der Waals surface area contributed by atoms with Crippen molar-refractivity contribution < 1.29 is 14.3 Å². The van der Waals surface area contributed by atoms with E-state index in [0.717, 1.165) is 0 Å². The van der Waals surface area contributed by atoms with Gasteiger partial charge in [-0.05, 0) is 19.1 Å². The maximum atomic E-state index is 11.3. The van der Waals surface area contributed by atoms with E-state index in [1.807, 2.05) is 12.3 Å². The lowest BCUT2D eigenvalue weighted by Crippen LogP contribution is -2.30. The third kappa shape index (κ3) is 2.56. The van der Waals surface area contributed by atoms with Crippen LogP contribution in [0.3, 0.4) is 0 Å². The van der Waals surface area contributed by atoms with Crippen molar-refractivity contribution in [2.24, 2.45) is 5.84 Å². The molecule has 0 unspecified atom stereocenters. The summed E-state index contributed by atoms with van der Waals surface area (Å²) in [7, 11) is 1.47. The van der Waals surface area contributed by atoms with Crippen molar-refractivity contribution in [3.05, 3.63) is 22.7 Å². The Bertz CT molecular complexity index is 396. The Hall–Kier alpha value is -1.46. The molecule has 0 fully saturated rings. The van der Waals surface area contributed by atoms with Gasteiger partial charge in [-0.25, -0.2) is 5.84 Å². The molecule has 1 rings (SSSR count). The van der Waals surface area contributed by atoms with Crippen molar-refractivity contribution in [1.82, 2.24) is 5.43 Å². The average Bonchev–Trinajstić information content (AvgIpc) is 2.30. The third-order valence-corrected chi connectivity index (χ3v) is 2.19. The summed E-state index contributed by atoms with van der Waals surface area (Å²) in [6.07, 6.45) is 0. The zero-order chi connectivity index (χ0) is 12.1. The first-order valence-electron chi connectivity index (χ1n) is 4.65. The first kappa shape index (κ1) is 12.6. The van der Waals surface area contributed by atoms with Gasteiger partial charge in [-0.15, -0.1) is 0 Å². The Kier molecular flexibility index (Phi) is 4.39. The van der Waals surface area contributed by atoms with Crippen molar-refractivity contribution in [1.29, 1.82) is 0 Å². The van der Waals surface area contributed by atoms with Gasteiger partial charge >= 0.3 is 0 Å². The van der Waals surface area contributed by atoms with Gasteiger partial charge in [-0.3, -0.25) is 10.2 Å². The van der Waals surface area contributed by atoms with E-state index in [0.29, 0.717) is 28.7 Å². The number of carbonyl (C=O) groups excluding carboxylic acids is 1. The fraction of sp³-hybridized carbons (Fsp3) is 0.300. The number of nitrogens with two attached hydrogens (primary N) is 1. The molecule has 5 nitrogen and oxygen atoms in total. The van der Waals surface area contributed by atoms with E-state index in [4.69, 9.17) is 26.9 Å². The first-order valence-corrected chi connectivity index (χ1v) is 5.03. The van der Waals surface area contributed by atoms with Crippen molar-refractivity contribution in [3.8, 4) is 11.5 Å². The lowest BCUT2D eigenvalue weighted by atomic mass is 10.2. The topological polar surface area (TPSA) is 73.6 Å². The first-order chi connectivity index (χ1) is 7.63. The number of benzene rings is 1. The highest BCUT2D eigenvalue weighted by Crippen LogP contribution is 2.36. The molecule has 0 atom stereocenters. The predicted molar refractivity (Wildman–Crippen MR) is 60.8 cm³/mol. The summed E-state index contributed by atoms with van der Waals surface area (Å²) in [5.41, 5.74) is 2.33. The van der Waals surface area contributed by atoms with Crippen LogP contribution in [-0.2, 0) is 0 Å². The molecule has 0 aliphatic heterocycles. The number of hydrogen-bond donors (Lipinski definition) is 2.